The predicted molar refractivity (Wildman–Crippen MR) is 69.7 cm³/mol. The normalized spacial score (nSPS) is 34.8. The van der Waals surface area contributed by atoms with Crippen LogP contribution in [0.5, 0.6) is 0 Å². The van der Waals surface area contributed by atoms with Gasteiger partial charge in [0.1, 0.15) is 0 Å². The maximum absolute atomic E-state index is 12.0. The molecule has 1 heterocycles. The zero-order valence-corrected chi connectivity index (χ0v) is 11.2. The van der Waals surface area contributed by atoms with Crippen LogP contribution in [-0.4, -0.2) is 37.5 Å². The molecule has 1 atom stereocenters. The molecule has 0 radical (unpaired) electrons. The number of likely N-dealkylation sites (tertiary alicyclic amines) is 1. The molecule has 3 nitrogen and oxygen atoms in total. The van der Waals surface area contributed by atoms with Gasteiger partial charge in [0.05, 0.1) is 0 Å². The Morgan fingerprint density at radius 3 is 2.53 bits per heavy atom. The minimum atomic E-state index is 0.297. The quantitative estimate of drug-likeness (QED) is 0.814. The number of hydrogen-bond acceptors (Lipinski definition) is 2. The van der Waals surface area contributed by atoms with Crippen molar-refractivity contribution in [3.05, 3.63) is 0 Å². The van der Waals surface area contributed by atoms with Gasteiger partial charge >= 0.3 is 0 Å². The number of hydrogen-bond donors (Lipinski definition) is 1. The van der Waals surface area contributed by atoms with Crippen molar-refractivity contribution in [2.24, 2.45) is 17.8 Å². The second-order valence-electron chi connectivity index (χ2n) is 6.12. The third kappa shape index (κ3) is 3.70. The zero-order valence-electron chi connectivity index (χ0n) is 11.2. The largest absolute Gasteiger partial charge is 0.356 e. The van der Waals surface area contributed by atoms with Gasteiger partial charge in [-0.3, -0.25) is 4.79 Å². The first-order chi connectivity index (χ1) is 8.15. The third-order valence-corrected chi connectivity index (χ3v) is 4.44. The van der Waals surface area contributed by atoms with Crippen molar-refractivity contribution in [2.45, 2.75) is 39.0 Å². The summed E-state index contributed by atoms with van der Waals surface area (Å²) >= 11 is 0. The Labute approximate surface area is 105 Å². The van der Waals surface area contributed by atoms with Crippen molar-refractivity contribution < 1.29 is 4.79 Å². The monoisotopic (exact) mass is 238 g/mol. The molecule has 1 aliphatic heterocycles. The van der Waals surface area contributed by atoms with E-state index in [9.17, 15) is 4.79 Å². The molecule has 2 aliphatic rings. The van der Waals surface area contributed by atoms with Crippen LogP contribution < -0.4 is 5.32 Å². The molecule has 1 amide bonds. The molecule has 0 spiro atoms. The number of carbonyl (C=O) groups excluding carboxylic acids is 1. The Morgan fingerprint density at radius 2 is 1.94 bits per heavy atom. The predicted octanol–water partition coefficient (Wildman–Crippen LogP) is 1.88. The van der Waals surface area contributed by atoms with Gasteiger partial charge in [-0.25, -0.2) is 0 Å². The molecule has 0 aromatic heterocycles. The SMILES string of the molecule is CN1CCC(CNC(=O)[C@H]2CC[C@H](C)CC2)C1. The molecule has 98 valence electrons. The van der Waals surface area contributed by atoms with Crippen molar-refractivity contribution >= 4 is 5.91 Å². The van der Waals surface area contributed by atoms with E-state index in [1.807, 2.05) is 0 Å². The van der Waals surface area contributed by atoms with E-state index < -0.39 is 0 Å². The molecular formula is C14H26N2O. The summed E-state index contributed by atoms with van der Waals surface area (Å²) in [5.41, 5.74) is 0. The second kappa shape index (κ2) is 5.85. The van der Waals surface area contributed by atoms with Crippen LogP contribution in [0.2, 0.25) is 0 Å². The van der Waals surface area contributed by atoms with Gasteiger partial charge in [0, 0.05) is 19.0 Å². The Bertz CT molecular complexity index is 259. The first-order valence-corrected chi connectivity index (χ1v) is 7.11. The highest BCUT2D eigenvalue weighted by atomic mass is 16.1. The summed E-state index contributed by atoms with van der Waals surface area (Å²) in [6, 6.07) is 0. The lowest BCUT2D eigenvalue weighted by Gasteiger charge is -2.25. The average Bonchev–Trinajstić information content (AvgIpc) is 2.73. The van der Waals surface area contributed by atoms with Gasteiger partial charge in [0.2, 0.25) is 5.91 Å². The van der Waals surface area contributed by atoms with Gasteiger partial charge in [0.15, 0.2) is 0 Å². The first-order valence-electron chi connectivity index (χ1n) is 7.11. The molecule has 1 saturated carbocycles. The van der Waals surface area contributed by atoms with E-state index in [1.54, 1.807) is 0 Å². The lowest BCUT2D eigenvalue weighted by atomic mass is 9.82. The topological polar surface area (TPSA) is 32.3 Å². The molecule has 0 aromatic rings. The summed E-state index contributed by atoms with van der Waals surface area (Å²) in [6.45, 7) is 5.50. The summed E-state index contributed by atoms with van der Waals surface area (Å²) in [5.74, 6) is 2.10. The maximum Gasteiger partial charge on any atom is 0.223 e. The van der Waals surface area contributed by atoms with Gasteiger partial charge in [-0.2, -0.15) is 0 Å². The van der Waals surface area contributed by atoms with Gasteiger partial charge in [-0.15, -0.1) is 0 Å². The van der Waals surface area contributed by atoms with E-state index in [-0.39, 0.29) is 0 Å². The van der Waals surface area contributed by atoms with Crippen LogP contribution in [0, 0.1) is 17.8 Å². The highest BCUT2D eigenvalue weighted by Crippen LogP contribution is 2.28. The van der Waals surface area contributed by atoms with E-state index in [2.05, 4.69) is 24.2 Å². The summed E-state index contributed by atoms with van der Waals surface area (Å²) in [5, 5.41) is 3.16. The molecule has 1 aliphatic carbocycles. The number of carbonyl (C=O) groups is 1. The van der Waals surface area contributed by atoms with Crippen LogP contribution in [0.1, 0.15) is 39.0 Å². The fraction of sp³-hybridized carbons (Fsp3) is 0.929. The Balaban J connectivity index is 1.67. The molecular weight excluding hydrogens is 212 g/mol. The molecule has 0 bridgehead atoms. The zero-order chi connectivity index (χ0) is 12.3. The number of rotatable bonds is 3. The first kappa shape index (κ1) is 12.9. The molecule has 1 unspecified atom stereocenters. The van der Waals surface area contributed by atoms with E-state index in [0.717, 1.165) is 31.8 Å². The molecule has 1 N–H and O–H groups in total. The summed E-state index contributed by atoms with van der Waals surface area (Å²) < 4.78 is 0. The number of amides is 1. The fourth-order valence-electron chi connectivity index (χ4n) is 3.10. The molecule has 3 heteroatoms. The van der Waals surface area contributed by atoms with E-state index in [4.69, 9.17) is 0 Å². The van der Waals surface area contributed by atoms with E-state index >= 15 is 0 Å². The van der Waals surface area contributed by atoms with Crippen LogP contribution >= 0.6 is 0 Å². The summed E-state index contributed by atoms with van der Waals surface area (Å²) in [4.78, 5) is 14.4. The van der Waals surface area contributed by atoms with Crippen LogP contribution in [0.3, 0.4) is 0 Å². The smallest absolute Gasteiger partial charge is 0.223 e. The standard InChI is InChI=1S/C14H26N2O/c1-11-3-5-13(6-4-11)14(17)15-9-12-7-8-16(2)10-12/h11-13H,3-10H2,1-2H3,(H,15,17)/t11-,12?,13-. The summed E-state index contributed by atoms with van der Waals surface area (Å²) in [6.07, 6.45) is 5.88. The van der Waals surface area contributed by atoms with Gasteiger partial charge in [-0.05, 0) is 57.5 Å². The highest BCUT2D eigenvalue weighted by Gasteiger charge is 2.25. The molecule has 0 aromatic carbocycles. The van der Waals surface area contributed by atoms with Gasteiger partial charge in [0.25, 0.3) is 0 Å². The van der Waals surface area contributed by atoms with Crippen LogP contribution in [-0.2, 0) is 4.79 Å². The lowest BCUT2D eigenvalue weighted by molar-refractivity contribution is -0.126. The van der Waals surface area contributed by atoms with Crippen molar-refractivity contribution in [1.29, 1.82) is 0 Å². The van der Waals surface area contributed by atoms with Gasteiger partial charge in [-0.1, -0.05) is 6.92 Å². The van der Waals surface area contributed by atoms with Crippen molar-refractivity contribution in [3.63, 3.8) is 0 Å². The number of nitrogens with one attached hydrogen (secondary N) is 1. The highest BCUT2D eigenvalue weighted by molar-refractivity contribution is 5.78. The van der Waals surface area contributed by atoms with Crippen LogP contribution in [0.15, 0.2) is 0 Å². The summed E-state index contributed by atoms with van der Waals surface area (Å²) in [7, 11) is 2.16. The fourth-order valence-corrected chi connectivity index (χ4v) is 3.10. The van der Waals surface area contributed by atoms with Gasteiger partial charge < -0.3 is 10.2 Å². The van der Waals surface area contributed by atoms with Crippen molar-refractivity contribution in [2.75, 3.05) is 26.7 Å². The lowest BCUT2D eigenvalue weighted by Crippen LogP contribution is -2.36. The second-order valence-corrected chi connectivity index (χ2v) is 6.12. The molecule has 2 rings (SSSR count). The molecule has 17 heavy (non-hydrogen) atoms. The van der Waals surface area contributed by atoms with Crippen molar-refractivity contribution in [1.82, 2.24) is 10.2 Å². The third-order valence-electron chi connectivity index (χ3n) is 4.44. The Hall–Kier alpha value is -0.570. The van der Waals surface area contributed by atoms with E-state index in [0.29, 0.717) is 17.7 Å². The average molecular weight is 238 g/mol. The molecule has 2 fully saturated rings. The Kier molecular flexibility index (Phi) is 4.43. The number of nitrogens with zero attached hydrogens (tertiary/aromatic N) is 1. The van der Waals surface area contributed by atoms with Crippen LogP contribution in [0.4, 0.5) is 0 Å². The van der Waals surface area contributed by atoms with Crippen LogP contribution in [0.25, 0.3) is 0 Å². The minimum absolute atomic E-state index is 0.297. The maximum atomic E-state index is 12.0. The Morgan fingerprint density at radius 1 is 1.24 bits per heavy atom. The molecule has 1 saturated heterocycles. The van der Waals surface area contributed by atoms with Crippen molar-refractivity contribution in [3.8, 4) is 0 Å². The minimum Gasteiger partial charge on any atom is -0.356 e. The van der Waals surface area contributed by atoms with E-state index in [1.165, 1.54) is 25.8 Å².